The summed E-state index contributed by atoms with van der Waals surface area (Å²) in [6.45, 7) is 4.00. The molecule has 0 spiro atoms. The van der Waals surface area contributed by atoms with Crippen LogP contribution < -0.4 is 10.6 Å². The number of hydrogen-bond acceptors (Lipinski definition) is 8. The molecule has 1 saturated heterocycles. The van der Waals surface area contributed by atoms with Gasteiger partial charge in [0, 0.05) is 18.3 Å². The van der Waals surface area contributed by atoms with Crippen molar-refractivity contribution < 1.29 is 19.1 Å². The molecule has 4 rings (SSSR count). The van der Waals surface area contributed by atoms with Crippen molar-refractivity contribution in [2.24, 2.45) is 5.73 Å². The van der Waals surface area contributed by atoms with Crippen LogP contribution >= 0.6 is 0 Å². The van der Waals surface area contributed by atoms with E-state index in [1.54, 1.807) is 30.3 Å². The van der Waals surface area contributed by atoms with Gasteiger partial charge in [-0.2, -0.15) is 5.26 Å². The Labute approximate surface area is 217 Å². The maximum Gasteiger partial charge on any atom is 0.355 e. The van der Waals surface area contributed by atoms with Crippen molar-refractivity contribution in [3.05, 3.63) is 88.4 Å². The molecule has 192 valence electrons. The number of allylic oxidation sites excluding steroid dienone is 1. The lowest BCUT2D eigenvalue weighted by Crippen LogP contribution is -2.41. The van der Waals surface area contributed by atoms with E-state index in [1.807, 2.05) is 24.3 Å². The van der Waals surface area contributed by atoms with Crippen LogP contribution in [-0.4, -0.2) is 43.6 Å². The van der Waals surface area contributed by atoms with Gasteiger partial charge in [-0.15, -0.1) is 0 Å². The standard InChI is InChI=1S/C29H32N4O4/c1-19-10-7-8-15-32(19)18-20-11-9-14-22(16-20)33-26(29(35)37-3)25(28(34)36-2)24(23(17-30)27(33)31)21-12-5-4-6-13-21/h4-6,9,11-14,16,19,24H,7-8,10,15,18,31H2,1-3H3. The number of likely N-dealkylation sites (tertiary alicyclic amines) is 1. The van der Waals surface area contributed by atoms with Crippen molar-refractivity contribution in [3.63, 3.8) is 0 Å². The molecule has 2 atom stereocenters. The van der Waals surface area contributed by atoms with Gasteiger partial charge in [0.1, 0.15) is 11.5 Å². The number of carbonyl (C=O) groups is 2. The third kappa shape index (κ3) is 5.09. The molecule has 0 saturated carbocycles. The molecule has 0 amide bonds. The zero-order valence-corrected chi connectivity index (χ0v) is 21.4. The van der Waals surface area contributed by atoms with Crippen LogP contribution in [0.25, 0.3) is 0 Å². The second-order valence-electron chi connectivity index (χ2n) is 9.32. The van der Waals surface area contributed by atoms with Crippen LogP contribution in [0.4, 0.5) is 5.69 Å². The predicted molar refractivity (Wildman–Crippen MR) is 140 cm³/mol. The Morgan fingerprint density at radius 3 is 2.43 bits per heavy atom. The number of ether oxygens (including phenoxy) is 2. The number of esters is 2. The summed E-state index contributed by atoms with van der Waals surface area (Å²) in [7, 11) is 2.48. The van der Waals surface area contributed by atoms with E-state index in [4.69, 9.17) is 15.2 Å². The molecule has 8 heteroatoms. The van der Waals surface area contributed by atoms with Gasteiger partial charge in [0.2, 0.25) is 0 Å². The topological polar surface area (TPSA) is 109 Å². The molecule has 2 aromatic rings. The highest BCUT2D eigenvalue weighted by atomic mass is 16.5. The second-order valence-corrected chi connectivity index (χ2v) is 9.32. The molecule has 37 heavy (non-hydrogen) atoms. The zero-order chi connectivity index (χ0) is 26.5. The van der Waals surface area contributed by atoms with Crippen molar-refractivity contribution >= 4 is 17.6 Å². The van der Waals surface area contributed by atoms with Gasteiger partial charge >= 0.3 is 11.9 Å². The van der Waals surface area contributed by atoms with Crippen LogP contribution in [0.3, 0.4) is 0 Å². The summed E-state index contributed by atoms with van der Waals surface area (Å²) in [6.07, 6.45) is 3.55. The molecule has 2 aliphatic heterocycles. The average molecular weight is 501 g/mol. The minimum atomic E-state index is -0.888. The molecule has 0 aliphatic carbocycles. The number of methoxy groups -OCH3 is 2. The maximum absolute atomic E-state index is 13.2. The Bertz CT molecular complexity index is 1280. The summed E-state index contributed by atoms with van der Waals surface area (Å²) in [5, 5.41) is 10.2. The monoisotopic (exact) mass is 500 g/mol. The van der Waals surface area contributed by atoms with Gasteiger partial charge in [-0.3, -0.25) is 9.80 Å². The van der Waals surface area contributed by atoms with E-state index in [1.165, 1.54) is 25.5 Å². The number of anilines is 1. The average Bonchev–Trinajstić information content (AvgIpc) is 2.93. The summed E-state index contributed by atoms with van der Waals surface area (Å²) >= 11 is 0. The fraction of sp³-hybridized carbons (Fsp3) is 0.345. The highest BCUT2D eigenvalue weighted by Crippen LogP contribution is 2.43. The first-order valence-electron chi connectivity index (χ1n) is 12.4. The van der Waals surface area contributed by atoms with Crippen LogP contribution in [0.15, 0.2) is 77.3 Å². The van der Waals surface area contributed by atoms with E-state index in [0.717, 1.165) is 31.5 Å². The molecule has 2 N–H and O–H groups in total. The van der Waals surface area contributed by atoms with Crippen molar-refractivity contribution in [3.8, 4) is 6.07 Å². The molecule has 1 fully saturated rings. The van der Waals surface area contributed by atoms with Gasteiger partial charge in [0.15, 0.2) is 0 Å². The summed E-state index contributed by atoms with van der Waals surface area (Å²) in [4.78, 5) is 30.3. The van der Waals surface area contributed by atoms with Gasteiger partial charge < -0.3 is 15.2 Å². The number of rotatable bonds is 6. The summed E-state index contributed by atoms with van der Waals surface area (Å²) in [5.41, 5.74) is 8.92. The lowest BCUT2D eigenvalue weighted by molar-refractivity contribution is -0.139. The molecule has 0 radical (unpaired) electrons. The van der Waals surface area contributed by atoms with Crippen molar-refractivity contribution in [1.29, 1.82) is 5.26 Å². The number of piperidine rings is 1. The van der Waals surface area contributed by atoms with Crippen molar-refractivity contribution in [2.75, 3.05) is 25.7 Å². The van der Waals surface area contributed by atoms with E-state index < -0.39 is 17.9 Å². The quantitative estimate of drug-likeness (QED) is 0.594. The zero-order valence-electron chi connectivity index (χ0n) is 21.4. The smallest absolute Gasteiger partial charge is 0.355 e. The van der Waals surface area contributed by atoms with E-state index >= 15 is 0 Å². The van der Waals surface area contributed by atoms with Crippen LogP contribution in [0.2, 0.25) is 0 Å². The Kier molecular flexibility index (Phi) is 7.95. The number of hydrogen-bond donors (Lipinski definition) is 1. The molecule has 2 heterocycles. The summed E-state index contributed by atoms with van der Waals surface area (Å²) in [6, 6.07) is 19.3. The van der Waals surface area contributed by atoms with Crippen LogP contribution in [0, 0.1) is 11.3 Å². The van der Waals surface area contributed by atoms with Crippen LogP contribution in [0.5, 0.6) is 0 Å². The molecule has 0 aromatic heterocycles. The minimum absolute atomic E-state index is 0.00126. The summed E-state index contributed by atoms with van der Waals surface area (Å²) in [5.74, 6) is -2.32. The molecule has 2 aromatic carbocycles. The maximum atomic E-state index is 13.2. The molecular weight excluding hydrogens is 468 g/mol. The minimum Gasteiger partial charge on any atom is -0.466 e. The first-order valence-corrected chi connectivity index (χ1v) is 12.4. The van der Waals surface area contributed by atoms with Gasteiger partial charge in [0.05, 0.1) is 37.4 Å². The summed E-state index contributed by atoms with van der Waals surface area (Å²) < 4.78 is 10.2. The lowest BCUT2D eigenvalue weighted by Gasteiger charge is -2.36. The number of nitrogens with zero attached hydrogens (tertiary/aromatic N) is 3. The van der Waals surface area contributed by atoms with Gasteiger partial charge in [-0.25, -0.2) is 9.59 Å². The predicted octanol–water partition coefficient (Wildman–Crippen LogP) is 3.96. The number of nitrogens with two attached hydrogens (primary N) is 1. The third-order valence-electron chi connectivity index (χ3n) is 7.11. The lowest BCUT2D eigenvalue weighted by atomic mass is 9.81. The van der Waals surface area contributed by atoms with E-state index in [0.29, 0.717) is 17.3 Å². The molecule has 8 nitrogen and oxygen atoms in total. The Morgan fingerprint density at radius 2 is 1.78 bits per heavy atom. The SMILES string of the molecule is COC(=O)C1=C(C(=O)OC)N(c2cccc(CN3CCCCC3C)c2)C(N)=C(C#N)C1c1ccccc1. The van der Waals surface area contributed by atoms with Gasteiger partial charge in [-0.1, -0.05) is 48.9 Å². The molecule has 2 unspecified atom stereocenters. The molecule has 2 aliphatic rings. The van der Waals surface area contributed by atoms with E-state index in [2.05, 4.69) is 17.9 Å². The Hall–Kier alpha value is -4.09. The Morgan fingerprint density at radius 1 is 1.05 bits per heavy atom. The molecular formula is C29H32N4O4. The van der Waals surface area contributed by atoms with Crippen LogP contribution in [-0.2, 0) is 25.6 Å². The first kappa shape index (κ1) is 26.0. The number of nitriles is 1. The fourth-order valence-corrected chi connectivity index (χ4v) is 5.20. The second kappa shape index (κ2) is 11.3. The van der Waals surface area contributed by atoms with Gasteiger partial charge in [0.25, 0.3) is 0 Å². The largest absolute Gasteiger partial charge is 0.466 e. The highest BCUT2D eigenvalue weighted by Gasteiger charge is 2.43. The van der Waals surface area contributed by atoms with E-state index in [9.17, 15) is 14.9 Å². The van der Waals surface area contributed by atoms with Crippen LogP contribution in [0.1, 0.15) is 43.2 Å². The van der Waals surface area contributed by atoms with Crippen molar-refractivity contribution in [1.82, 2.24) is 4.90 Å². The number of benzene rings is 2. The van der Waals surface area contributed by atoms with Crippen molar-refractivity contribution in [2.45, 2.75) is 44.7 Å². The highest BCUT2D eigenvalue weighted by molar-refractivity contribution is 6.06. The fourth-order valence-electron chi connectivity index (χ4n) is 5.20. The molecule has 0 bridgehead atoms. The van der Waals surface area contributed by atoms with E-state index in [-0.39, 0.29) is 22.7 Å². The first-order chi connectivity index (χ1) is 17.9. The number of carbonyl (C=O) groups excluding carboxylic acids is 2. The normalized spacial score (nSPS) is 20.4. The Balaban J connectivity index is 1.89. The third-order valence-corrected chi connectivity index (χ3v) is 7.11. The van der Waals surface area contributed by atoms with Gasteiger partial charge in [-0.05, 0) is 49.6 Å².